The van der Waals surface area contributed by atoms with Crippen LogP contribution in [0.2, 0.25) is 0 Å². The third-order valence-electron chi connectivity index (χ3n) is 4.53. The number of carbonyl (C=O) groups excluding carboxylic acids is 1. The third-order valence-corrected chi connectivity index (χ3v) is 4.53. The molecule has 0 radical (unpaired) electrons. The Balaban J connectivity index is 1.70. The van der Waals surface area contributed by atoms with Crippen LogP contribution in [0.4, 0.5) is 0 Å². The molecule has 1 unspecified atom stereocenters. The molecule has 0 fully saturated rings. The Kier molecular flexibility index (Phi) is 5.19. The molecule has 0 saturated carbocycles. The summed E-state index contributed by atoms with van der Waals surface area (Å²) in [4.78, 5) is 24.0. The predicted molar refractivity (Wildman–Crippen MR) is 93.1 cm³/mol. The number of aromatic nitrogens is 1. The lowest BCUT2D eigenvalue weighted by Gasteiger charge is -2.08. The standard InChI is InChI=1S/C19H22N2O4/c20-10-1-2-12-25-14-5-3-13(4-6-14)18(22)17-8-7-16-15(19(23)24)9-11-21(16)17/h3-8,15H,1-2,9-12,20H2,(H,23,24). The van der Waals surface area contributed by atoms with Crippen LogP contribution in [0.1, 0.15) is 46.9 Å². The first-order valence-corrected chi connectivity index (χ1v) is 8.51. The summed E-state index contributed by atoms with van der Waals surface area (Å²) in [6.07, 6.45) is 2.35. The molecule has 6 nitrogen and oxygen atoms in total. The summed E-state index contributed by atoms with van der Waals surface area (Å²) >= 11 is 0. The van der Waals surface area contributed by atoms with Gasteiger partial charge in [-0.15, -0.1) is 0 Å². The van der Waals surface area contributed by atoms with Crippen molar-refractivity contribution in [1.82, 2.24) is 4.57 Å². The molecule has 1 aromatic carbocycles. The van der Waals surface area contributed by atoms with Crippen LogP contribution in [0.3, 0.4) is 0 Å². The van der Waals surface area contributed by atoms with E-state index in [0.29, 0.717) is 43.1 Å². The van der Waals surface area contributed by atoms with E-state index in [0.717, 1.165) is 18.6 Å². The lowest BCUT2D eigenvalue weighted by atomic mass is 10.1. The Labute approximate surface area is 146 Å². The molecular formula is C19H22N2O4. The maximum absolute atomic E-state index is 12.7. The van der Waals surface area contributed by atoms with Crippen molar-refractivity contribution in [3.8, 4) is 5.75 Å². The minimum absolute atomic E-state index is 0.105. The number of benzene rings is 1. The van der Waals surface area contributed by atoms with E-state index in [2.05, 4.69) is 0 Å². The molecule has 0 saturated heterocycles. The van der Waals surface area contributed by atoms with Crippen LogP contribution in [0.15, 0.2) is 36.4 Å². The van der Waals surface area contributed by atoms with Gasteiger partial charge in [0.2, 0.25) is 5.78 Å². The van der Waals surface area contributed by atoms with E-state index in [1.165, 1.54) is 0 Å². The van der Waals surface area contributed by atoms with Crippen LogP contribution in [0.25, 0.3) is 0 Å². The second-order valence-corrected chi connectivity index (χ2v) is 6.17. The van der Waals surface area contributed by atoms with Gasteiger partial charge in [-0.1, -0.05) is 0 Å². The Morgan fingerprint density at radius 2 is 1.92 bits per heavy atom. The van der Waals surface area contributed by atoms with Gasteiger partial charge in [0.05, 0.1) is 18.2 Å². The van der Waals surface area contributed by atoms with Crippen molar-refractivity contribution in [3.05, 3.63) is 53.3 Å². The van der Waals surface area contributed by atoms with Gasteiger partial charge in [-0.3, -0.25) is 9.59 Å². The second kappa shape index (κ2) is 7.53. The smallest absolute Gasteiger partial charge is 0.312 e. The monoisotopic (exact) mass is 342 g/mol. The topological polar surface area (TPSA) is 94.5 Å². The molecule has 3 N–H and O–H groups in total. The normalized spacial score (nSPS) is 15.8. The number of carboxylic acid groups (broad SMARTS) is 1. The minimum Gasteiger partial charge on any atom is -0.494 e. The van der Waals surface area contributed by atoms with Crippen LogP contribution in [-0.2, 0) is 11.3 Å². The number of hydrogen-bond acceptors (Lipinski definition) is 4. The number of nitrogens with zero attached hydrogens (tertiary/aromatic N) is 1. The van der Waals surface area contributed by atoms with Gasteiger partial charge in [-0.2, -0.15) is 0 Å². The highest BCUT2D eigenvalue weighted by atomic mass is 16.5. The Morgan fingerprint density at radius 1 is 1.16 bits per heavy atom. The molecule has 1 aromatic heterocycles. The predicted octanol–water partition coefficient (Wildman–Crippen LogP) is 2.41. The lowest BCUT2D eigenvalue weighted by molar-refractivity contribution is -0.138. The molecule has 0 amide bonds. The van der Waals surface area contributed by atoms with Gasteiger partial charge in [0.1, 0.15) is 5.75 Å². The summed E-state index contributed by atoms with van der Waals surface area (Å²) in [6, 6.07) is 10.5. The summed E-state index contributed by atoms with van der Waals surface area (Å²) in [5.74, 6) is -0.746. The van der Waals surface area contributed by atoms with Crippen LogP contribution >= 0.6 is 0 Å². The average molecular weight is 342 g/mol. The molecule has 0 spiro atoms. The first-order valence-electron chi connectivity index (χ1n) is 8.51. The van der Waals surface area contributed by atoms with Crippen molar-refractivity contribution in [2.24, 2.45) is 5.73 Å². The van der Waals surface area contributed by atoms with Crippen molar-refractivity contribution < 1.29 is 19.4 Å². The van der Waals surface area contributed by atoms with Gasteiger partial charge >= 0.3 is 5.97 Å². The number of aliphatic carboxylic acids is 1. The van der Waals surface area contributed by atoms with Gasteiger partial charge in [-0.05, 0) is 62.2 Å². The average Bonchev–Trinajstić information content (AvgIpc) is 3.20. The van der Waals surface area contributed by atoms with Gasteiger partial charge in [-0.25, -0.2) is 0 Å². The molecule has 6 heteroatoms. The molecule has 1 aliphatic rings. The number of rotatable bonds is 8. The summed E-state index contributed by atoms with van der Waals surface area (Å²) in [5, 5.41) is 9.24. The third kappa shape index (κ3) is 3.58. The summed E-state index contributed by atoms with van der Waals surface area (Å²) in [7, 11) is 0. The fraction of sp³-hybridized carbons (Fsp3) is 0.368. The van der Waals surface area contributed by atoms with Crippen molar-refractivity contribution in [2.45, 2.75) is 31.7 Å². The Bertz CT molecular complexity index is 764. The quantitative estimate of drug-likeness (QED) is 0.567. The number of carboxylic acids is 1. The zero-order valence-corrected chi connectivity index (χ0v) is 14.0. The van der Waals surface area contributed by atoms with Crippen LogP contribution < -0.4 is 10.5 Å². The van der Waals surface area contributed by atoms with Crippen molar-refractivity contribution in [2.75, 3.05) is 13.2 Å². The Morgan fingerprint density at radius 3 is 2.60 bits per heavy atom. The van der Waals surface area contributed by atoms with Gasteiger partial charge in [0, 0.05) is 17.8 Å². The minimum atomic E-state index is -0.841. The molecular weight excluding hydrogens is 320 g/mol. The molecule has 0 aliphatic carbocycles. The highest BCUT2D eigenvalue weighted by Crippen LogP contribution is 2.31. The number of fused-ring (bicyclic) bond motifs is 1. The first-order chi connectivity index (χ1) is 12.1. The summed E-state index contributed by atoms with van der Waals surface area (Å²) in [5.41, 5.74) is 7.25. The molecule has 3 rings (SSSR count). The largest absolute Gasteiger partial charge is 0.494 e. The van der Waals surface area contributed by atoms with E-state index in [1.807, 2.05) is 4.57 Å². The summed E-state index contributed by atoms with van der Waals surface area (Å²) < 4.78 is 7.43. The molecule has 1 atom stereocenters. The van der Waals surface area contributed by atoms with Crippen molar-refractivity contribution in [3.63, 3.8) is 0 Å². The van der Waals surface area contributed by atoms with Crippen LogP contribution in [0, 0.1) is 0 Å². The van der Waals surface area contributed by atoms with E-state index in [9.17, 15) is 14.7 Å². The molecule has 25 heavy (non-hydrogen) atoms. The van der Waals surface area contributed by atoms with E-state index in [-0.39, 0.29) is 5.78 Å². The zero-order chi connectivity index (χ0) is 17.8. The van der Waals surface area contributed by atoms with Crippen molar-refractivity contribution in [1.29, 1.82) is 0 Å². The van der Waals surface area contributed by atoms with Crippen LogP contribution in [-0.4, -0.2) is 34.6 Å². The van der Waals surface area contributed by atoms with E-state index < -0.39 is 11.9 Å². The molecule has 132 valence electrons. The molecule has 0 bridgehead atoms. The number of carbonyl (C=O) groups is 2. The van der Waals surface area contributed by atoms with E-state index >= 15 is 0 Å². The fourth-order valence-corrected chi connectivity index (χ4v) is 3.18. The summed E-state index contributed by atoms with van der Waals surface area (Å²) in [6.45, 7) is 1.82. The number of unbranched alkanes of at least 4 members (excludes halogenated alkanes) is 1. The van der Waals surface area contributed by atoms with Gasteiger partial charge in [0.25, 0.3) is 0 Å². The van der Waals surface area contributed by atoms with E-state index in [1.54, 1.807) is 36.4 Å². The number of nitrogens with two attached hydrogens (primary N) is 1. The molecule has 2 heterocycles. The lowest BCUT2D eigenvalue weighted by Crippen LogP contribution is -2.10. The van der Waals surface area contributed by atoms with Gasteiger partial charge < -0.3 is 20.1 Å². The fourth-order valence-electron chi connectivity index (χ4n) is 3.18. The van der Waals surface area contributed by atoms with Crippen molar-refractivity contribution >= 4 is 11.8 Å². The van der Waals surface area contributed by atoms with Crippen LogP contribution in [0.5, 0.6) is 5.75 Å². The zero-order valence-electron chi connectivity index (χ0n) is 14.0. The SMILES string of the molecule is NCCCCOc1ccc(C(=O)c2ccc3n2CCC3C(=O)O)cc1. The maximum atomic E-state index is 12.7. The second-order valence-electron chi connectivity index (χ2n) is 6.17. The first kappa shape index (κ1) is 17.2. The maximum Gasteiger partial charge on any atom is 0.312 e. The number of ketones is 1. The van der Waals surface area contributed by atoms with E-state index in [4.69, 9.17) is 10.5 Å². The number of hydrogen-bond donors (Lipinski definition) is 2. The number of ether oxygens (including phenoxy) is 1. The highest BCUT2D eigenvalue weighted by molar-refractivity contribution is 6.08. The Hall–Kier alpha value is -2.60. The highest BCUT2D eigenvalue weighted by Gasteiger charge is 2.31. The molecule has 2 aromatic rings. The van der Waals surface area contributed by atoms with Gasteiger partial charge in [0.15, 0.2) is 0 Å². The molecule has 1 aliphatic heterocycles.